The van der Waals surface area contributed by atoms with Crippen molar-refractivity contribution in [1.29, 1.82) is 0 Å². The first-order valence-electron chi connectivity index (χ1n) is 9.39. The minimum absolute atomic E-state index is 0.287. The molecule has 1 heterocycles. The van der Waals surface area contributed by atoms with Crippen molar-refractivity contribution >= 4 is 12.2 Å². The second kappa shape index (κ2) is 7.53. The Morgan fingerprint density at radius 3 is 2.11 bits per heavy atom. The summed E-state index contributed by atoms with van der Waals surface area (Å²) in [6, 6.07) is 5.67. The Bertz CT molecular complexity index is 740. The highest BCUT2D eigenvalue weighted by molar-refractivity contribution is 5.74. The van der Waals surface area contributed by atoms with E-state index >= 15 is 0 Å². The molecule has 0 aliphatic carbocycles. The molecule has 1 N–H and O–H groups in total. The smallest absolute Gasteiger partial charge is 0.410 e. The fourth-order valence-corrected chi connectivity index (χ4v) is 3.23. The van der Waals surface area contributed by atoms with Gasteiger partial charge in [0.2, 0.25) is 0 Å². The zero-order valence-corrected chi connectivity index (χ0v) is 18.1. The van der Waals surface area contributed by atoms with E-state index in [1.807, 2.05) is 66.7 Å². The van der Waals surface area contributed by atoms with Gasteiger partial charge in [-0.3, -0.25) is 0 Å². The van der Waals surface area contributed by atoms with Crippen molar-refractivity contribution in [3.8, 4) is 5.75 Å². The molecule has 0 aromatic heterocycles. The number of hydrogen-bond acceptors (Lipinski definition) is 5. The number of ether oxygens (including phenoxy) is 3. The maximum Gasteiger partial charge on any atom is 0.410 e. The van der Waals surface area contributed by atoms with Crippen LogP contribution in [0.3, 0.4) is 0 Å². The van der Waals surface area contributed by atoms with Crippen molar-refractivity contribution in [2.45, 2.75) is 65.2 Å². The van der Waals surface area contributed by atoms with Crippen molar-refractivity contribution < 1.29 is 23.8 Å². The molecule has 7 nitrogen and oxygen atoms in total. The van der Waals surface area contributed by atoms with Gasteiger partial charge in [0.1, 0.15) is 22.5 Å². The Balaban J connectivity index is 2.29. The standard InChI is InChI=1S/C21H32N2O5/c1-14-15(10-9-11-16(14)26-8)21(22-17(24)27-19(2,3)4)12-23(13-21)18(25)28-20(5,6)7/h9-11H,12-13H2,1-8H3,(H,22,24). The van der Waals surface area contributed by atoms with Crippen LogP contribution in [0.1, 0.15) is 52.7 Å². The SMILES string of the molecule is COc1cccc(C2(NC(=O)OC(C)(C)C)CN(C(=O)OC(C)(C)C)C2)c1C. The van der Waals surface area contributed by atoms with Gasteiger partial charge in [0.15, 0.2) is 0 Å². The molecule has 1 fully saturated rings. The molecule has 1 aliphatic rings. The summed E-state index contributed by atoms with van der Waals surface area (Å²) in [4.78, 5) is 26.5. The number of rotatable bonds is 3. The Labute approximate surface area is 167 Å². The summed E-state index contributed by atoms with van der Waals surface area (Å²) in [5.74, 6) is 0.721. The lowest BCUT2D eigenvalue weighted by Gasteiger charge is -2.50. The van der Waals surface area contributed by atoms with Gasteiger partial charge >= 0.3 is 12.2 Å². The van der Waals surface area contributed by atoms with Gasteiger partial charge in [-0.25, -0.2) is 9.59 Å². The third-order valence-corrected chi connectivity index (χ3v) is 4.33. The highest BCUT2D eigenvalue weighted by atomic mass is 16.6. The molecule has 28 heavy (non-hydrogen) atoms. The zero-order chi connectivity index (χ0) is 21.3. The topological polar surface area (TPSA) is 77.1 Å². The number of carbonyl (C=O) groups excluding carboxylic acids is 2. The van der Waals surface area contributed by atoms with Crippen LogP contribution in [-0.4, -0.2) is 48.5 Å². The van der Waals surface area contributed by atoms with Crippen LogP contribution in [0.2, 0.25) is 0 Å². The molecule has 0 spiro atoms. The molecule has 2 amide bonds. The van der Waals surface area contributed by atoms with Crippen LogP contribution in [0.5, 0.6) is 5.75 Å². The maximum atomic E-state index is 12.5. The van der Waals surface area contributed by atoms with Crippen molar-refractivity contribution in [2.75, 3.05) is 20.2 Å². The van der Waals surface area contributed by atoms with Crippen LogP contribution < -0.4 is 10.1 Å². The van der Waals surface area contributed by atoms with E-state index in [2.05, 4.69) is 5.32 Å². The molecule has 0 unspecified atom stereocenters. The van der Waals surface area contributed by atoms with Crippen LogP contribution in [-0.2, 0) is 15.0 Å². The molecule has 1 aromatic carbocycles. The first-order valence-corrected chi connectivity index (χ1v) is 9.39. The summed E-state index contributed by atoms with van der Waals surface area (Å²) in [5.41, 5.74) is -0.177. The summed E-state index contributed by atoms with van der Waals surface area (Å²) >= 11 is 0. The second-order valence-corrected chi connectivity index (χ2v) is 9.18. The van der Waals surface area contributed by atoms with Gasteiger partial charge < -0.3 is 24.4 Å². The summed E-state index contributed by atoms with van der Waals surface area (Å²) in [6.45, 7) is 13.4. The lowest BCUT2D eigenvalue weighted by Crippen LogP contribution is -2.69. The first-order chi connectivity index (χ1) is 12.8. The van der Waals surface area contributed by atoms with Crippen molar-refractivity contribution in [3.63, 3.8) is 0 Å². The van der Waals surface area contributed by atoms with Gasteiger partial charge in [0.05, 0.1) is 20.2 Å². The molecule has 7 heteroatoms. The molecule has 1 aliphatic heterocycles. The number of nitrogens with zero attached hydrogens (tertiary/aromatic N) is 1. The van der Waals surface area contributed by atoms with E-state index in [1.54, 1.807) is 12.0 Å². The van der Waals surface area contributed by atoms with Crippen molar-refractivity contribution in [3.05, 3.63) is 29.3 Å². The predicted molar refractivity (Wildman–Crippen MR) is 107 cm³/mol. The summed E-state index contributed by atoms with van der Waals surface area (Å²) in [7, 11) is 1.61. The number of amides is 2. The number of nitrogens with one attached hydrogen (secondary N) is 1. The van der Waals surface area contributed by atoms with Crippen LogP contribution in [0.15, 0.2) is 18.2 Å². The number of methoxy groups -OCH3 is 1. The molecular formula is C21H32N2O5. The Kier molecular flexibility index (Phi) is 5.87. The number of benzene rings is 1. The van der Waals surface area contributed by atoms with Gasteiger partial charge in [-0.1, -0.05) is 12.1 Å². The zero-order valence-electron chi connectivity index (χ0n) is 18.1. The van der Waals surface area contributed by atoms with Gasteiger partial charge in [0, 0.05) is 0 Å². The molecule has 0 saturated carbocycles. The predicted octanol–water partition coefficient (Wildman–Crippen LogP) is 3.97. The lowest BCUT2D eigenvalue weighted by atomic mass is 9.80. The number of likely N-dealkylation sites (tertiary alicyclic amines) is 1. The van der Waals surface area contributed by atoms with E-state index < -0.39 is 28.9 Å². The normalized spacial score (nSPS) is 16.1. The third-order valence-electron chi connectivity index (χ3n) is 4.33. The fraction of sp³-hybridized carbons (Fsp3) is 0.619. The van der Waals surface area contributed by atoms with Gasteiger partial charge in [-0.2, -0.15) is 0 Å². The van der Waals surface area contributed by atoms with Gasteiger partial charge in [-0.05, 0) is 65.7 Å². The van der Waals surface area contributed by atoms with Gasteiger partial charge in [-0.15, -0.1) is 0 Å². The first kappa shape index (κ1) is 21.9. The number of hydrogen-bond donors (Lipinski definition) is 1. The number of carbonyl (C=O) groups is 2. The van der Waals surface area contributed by atoms with E-state index in [-0.39, 0.29) is 13.1 Å². The van der Waals surface area contributed by atoms with E-state index in [1.165, 1.54) is 0 Å². The second-order valence-electron chi connectivity index (χ2n) is 9.18. The lowest BCUT2D eigenvalue weighted by molar-refractivity contribution is -0.0231. The summed E-state index contributed by atoms with van der Waals surface area (Å²) in [5, 5.41) is 2.98. The molecule has 2 rings (SSSR count). The largest absolute Gasteiger partial charge is 0.496 e. The Morgan fingerprint density at radius 1 is 1.04 bits per heavy atom. The monoisotopic (exact) mass is 392 g/mol. The molecule has 0 radical (unpaired) electrons. The van der Waals surface area contributed by atoms with E-state index in [0.29, 0.717) is 0 Å². The molecule has 0 bridgehead atoms. The highest BCUT2D eigenvalue weighted by Gasteiger charge is 2.50. The minimum Gasteiger partial charge on any atom is -0.496 e. The molecule has 156 valence electrons. The van der Waals surface area contributed by atoms with E-state index in [9.17, 15) is 9.59 Å². The molecule has 1 aromatic rings. The van der Waals surface area contributed by atoms with Crippen LogP contribution >= 0.6 is 0 Å². The molecular weight excluding hydrogens is 360 g/mol. The summed E-state index contributed by atoms with van der Waals surface area (Å²) < 4.78 is 16.3. The molecule has 1 saturated heterocycles. The van der Waals surface area contributed by atoms with E-state index in [0.717, 1.165) is 16.9 Å². The summed E-state index contributed by atoms with van der Waals surface area (Å²) in [6.07, 6.45) is -0.937. The number of alkyl carbamates (subject to hydrolysis) is 1. The Hall–Kier alpha value is -2.44. The average Bonchev–Trinajstić information content (AvgIpc) is 2.47. The van der Waals surface area contributed by atoms with Crippen molar-refractivity contribution in [1.82, 2.24) is 10.2 Å². The average molecular weight is 392 g/mol. The van der Waals surface area contributed by atoms with Crippen LogP contribution in [0, 0.1) is 6.92 Å². The Morgan fingerprint density at radius 2 is 1.61 bits per heavy atom. The third kappa shape index (κ3) is 5.09. The fourth-order valence-electron chi connectivity index (χ4n) is 3.23. The highest BCUT2D eigenvalue weighted by Crippen LogP contribution is 2.38. The van der Waals surface area contributed by atoms with Crippen LogP contribution in [0.25, 0.3) is 0 Å². The van der Waals surface area contributed by atoms with Gasteiger partial charge in [0.25, 0.3) is 0 Å². The van der Waals surface area contributed by atoms with E-state index in [4.69, 9.17) is 14.2 Å². The molecule has 0 atom stereocenters. The minimum atomic E-state index is -0.766. The van der Waals surface area contributed by atoms with Crippen molar-refractivity contribution in [2.24, 2.45) is 0 Å². The quantitative estimate of drug-likeness (QED) is 0.842. The van der Waals surface area contributed by atoms with Crippen LogP contribution in [0.4, 0.5) is 9.59 Å². The maximum absolute atomic E-state index is 12.5.